The molecule has 0 radical (unpaired) electrons. The molecule has 164 valence electrons. The van der Waals surface area contributed by atoms with Crippen molar-refractivity contribution in [2.45, 2.75) is 88.2 Å². The number of sulfone groups is 1. The smallest absolute Gasteiger partial charge is 0.158 e. The Labute approximate surface area is 177 Å². The number of hydrogen-bond donors (Lipinski definition) is 0. The summed E-state index contributed by atoms with van der Waals surface area (Å²) in [4.78, 5) is 0. The molecule has 29 heavy (non-hydrogen) atoms. The van der Waals surface area contributed by atoms with Gasteiger partial charge >= 0.3 is 0 Å². The van der Waals surface area contributed by atoms with Gasteiger partial charge in [0.25, 0.3) is 0 Å². The molecule has 0 aromatic heterocycles. The van der Waals surface area contributed by atoms with E-state index in [0.29, 0.717) is 36.2 Å². The van der Waals surface area contributed by atoms with Crippen LogP contribution in [0.3, 0.4) is 0 Å². The molecule has 0 fully saturated rings. The Morgan fingerprint density at radius 3 is 1.59 bits per heavy atom. The summed E-state index contributed by atoms with van der Waals surface area (Å²) >= 11 is 0. The highest BCUT2D eigenvalue weighted by Crippen LogP contribution is 2.48. The second-order valence-corrected chi connectivity index (χ2v) is 11.7. The van der Waals surface area contributed by atoms with Gasteiger partial charge < -0.3 is 9.47 Å². The van der Waals surface area contributed by atoms with E-state index in [1.54, 1.807) is 0 Å². The largest absolute Gasteiger partial charge is 0.493 e. The van der Waals surface area contributed by atoms with Crippen molar-refractivity contribution >= 4 is 20.6 Å². The zero-order valence-corrected chi connectivity index (χ0v) is 19.4. The summed E-state index contributed by atoms with van der Waals surface area (Å²) in [5.74, 6) is 2.21. The number of rotatable bonds is 12. The summed E-state index contributed by atoms with van der Waals surface area (Å²) in [6.07, 6.45) is 8.75. The normalized spacial score (nSPS) is 17.3. The van der Waals surface area contributed by atoms with E-state index in [0.717, 1.165) is 60.8 Å². The van der Waals surface area contributed by atoms with Gasteiger partial charge in [-0.1, -0.05) is 52.4 Å². The van der Waals surface area contributed by atoms with Crippen molar-refractivity contribution in [1.82, 2.24) is 0 Å². The number of unbranched alkanes of at least 4 members (excludes halogenated alkanes) is 6. The highest BCUT2D eigenvalue weighted by atomic mass is 32.2. The minimum absolute atomic E-state index is 0.00125. The SMILES string of the molecule is CCCCCCOc1c2c(c(OCCCCCC)c3c1CS(=O)(=O)C3)CS(=O)C2. The van der Waals surface area contributed by atoms with E-state index < -0.39 is 20.6 Å². The Bertz CT molecular complexity index is 784. The van der Waals surface area contributed by atoms with Gasteiger partial charge in [0.1, 0.15) is 11.5 Å². The molecular formula is C22H34O5S2. The zero-order valence-electron chi connectivity index (χ0n) is 17.8. The van der Waals surface area contributed by atoms with E-state index in [4.69, 9.17) is 9.47 Å². The van der Waals surface area contributed by atoms with Crippen molar-refractivity contribution < 1.29 is 22.1 Å². The second-order valence-electron chi connectivity index (χ2n) is 8.15. The summed E-state index contributed by atoms with van der Waals surface area (Å²) in [6.45, 7) is 5.48. The lowest BCUT2D eigenvalue weighted by Crippen LogP contribution is -2.08. The first-order valence-corrected chi connectivity index (χ1v) is 14.3. The molecule has 2 aliphatic heterocycles. The average molecular weight is 443 g/mol. The maximum atomic E-state index is 12.4. The maximum absolute atomic E-state index is 12.4. The molecule has 1 aromatic rings. The average Bonchev–Trinajstić information content (AvgIpc) is 3.20. The molecule has 0 saturated heterocycles. The molecule has 0 spiro atoms. The van der Waals surface area contributed by atoms with Gasteiger partial charge in [0.15, 0.2) is 9.84 Å². The molecular weight excluding hydrogens is 408 g/mol. The third kappa shape index (κ3) is 5.54. The van der Waals surface area contributed by atoms with Crippen molar-refractivity contribution in [2.75, 3.05) is 13.2 Å². The van der Waals surface area contributed by atoms with Crippen LogP contribution < -0.4 is 9.47 Å². The van der Waals surface area contributed by atoms with Crippen LogP contribution in [-0.2, 0) is 43.6 Å². The van der Waals surface area contributed by atoms with Crippen LogP contribution >= 0.6 is 0 Å². The van der Waals surface area contributed by atoms with Crippen molar-refractivity contribution in [2.24, 2.45) is 0 Å². The lowest BCUT2D eigenvalue weighted by molar-refractivity contribution is 0.290. The third-order valence-electron chi connectivity index (χ3n) is 5.65. The van der Waals surface area contributed by atoms with Gasteiger partial charge in [0, 0.05) is 33.1 Å². The van der Waals surface area contributed by atoms with Crippen LogP contribution in [0.2, 0.25) is 0 Å². The summed E-state index contributed by atoms with van der Waals surface area (Å²) in [5.41, 5.74) is 3.33. The topological polar surface area (TPSA) is 69.7 Å². The van der Waals surface area contributed by atoms with Gasteiger partial charge in [-0.05, 0) is 12.8 Å². The van der Waals surface area contributed by atoms with Gasteiger partial charge in [-0.2, -0.15) is 0 Å². The quantitative estimate of drug-likeness (QED) is 0.435. The molecule has 3 rings (SSSR count). The van der Waals surface area contributed by atoms with Gasteiger partial charge in [-0.15, -0.1) is 0 Å². The maximum Gasteiger partial charge on any atom is 0.158 e. The van der Waals surface area contributed by atoms with Crippen molar-refractivity contribution in [3.05, 3.63) is 22.3 Å². The standard InChI is InChI=1S/C22H34O5S2/c1-3-5-7-9-11-26-21-17-13-28(23)14-18(17)22(27-12-10-8-6-4-2)20-16-29(24,25)15-19(20)21/h3-16H2,1-2H3. The molecule has 0 bridgehead atoms. The van der Waals surface area contributed by atoms with Crippen LogP contribution in [0, 0.1) is 0 Å². The van der Waals surface area contributed by atoms with Crippen LogP contribution in [0.5, 0.6) is 11.5 Å². The predicted octanol–water partition coefficient (Wildman–Crippen LogP) is 4.80. The highest BCUT2D eigenvalue weighted by Gasteiger charge is 2.38. The van der Waals surface area contributed by atoms with E-state index in [1.807, 2.05) is 0 Å². The lowest BCUT2D eigenvalue weighted by Gasteiger charge is -2.19. The summed E-state index contributed by atoms with van der Waals surface area (Å²) < 4.78 is 49.5. The van der Waals surface area contributed by atoms with E-state index in [1.165, 1.54) is 12.8 Å². The Hall–Kier alpha value is -1.08. The molecule has 7 heteroatoms. The summed E-state index contributed by atoms with van der Waals surface area (Å²) in [6, 6.07) is 0. The van der Waals surface area contributed by atoms with Gasteiger partial charge in [-0.3, -0.25) is 4.21 Å². The van der Waals surface area contributed by atoms with Crippen LogP contribution in [0.15, 0.2) is 0 Å². The van der Waals surface area contributed by atoms with E-state index in [9.17, 15) is 12.6 Å². The first kappa shape index (κ1) is 22.6. The Morgan fingerprint density at radius 2 is 1.17 bits per heavy atom. The second kappa shape index (κ2) is 10.3. The molecule has 1 aromatic carbocycles. The fourth-order valence-corrected chi connectivity index (χ4v) is 7.09. The van der Waals surface area contributed by atoms with E-state index >= 15 is 0 Å². The fourth-order valence-electron chi connectivity index (χ4n) is 4.14. The van der Waals surface area contributed by atoms with Crippen molar-refractivity contribution in [3.8, 4) is 11.5 Å². The van der Waals surface area contributed by atoms with Crippen LogP contribution in [-0.4, -0.2) is 25.8 Å². The molecule has 0 unspecified atom stereocenters. The number of ether oxygens (including phenoxy) is 2. The predicted molar refractivity (Wildman–Crippen MR) is 118 cm³/mol. The molecule has 0 aliphatic carbocycles. The molecule has 0 saturated carbocycles. The van der Waals surface area contributed by atoms with Crippen molar-refractivity contribution in [1.29, 1.82) is 0 Å². The van der Waals surface area contributed by atoms with Crippen LogP contribution in [0.25, 0.3) is 0 Å². The van der Waals surface area contributed by atoms with Crippen molar-refractivity contribution in [3.63, 3.8) is 0 Å². The molecule has 0 N–H and O–H groups in total. The Balaban J connectivity index is 1.87. The first-order valence-electron chi connectivity index (χ1n) is 11.0. The minimum atomic E-state index is -3.20. The fraction of sp³-hybridized carbons (Fsp3) is 0.727. The molecule has 2 aliphatic rings. The first-order chi connectivity index (χ1) is 14.0. The van der Waals surface area contributed by atoms with Crippen LogP contribution in [0.4, 0.5) is 0 Å². The third-order valence-corrected chi connectivity index (χ3v) is 8.33. The Morgan fingerprint density at radius 1 is 0.724 bits per heavy atom. The van der Waals surface area contributed by atoms with Gasteiger partial charge in [0.05, 0.1) is 36.2 Å². The monoisotopic (exact) mass is 442 g/mol. The number of fused-ring (bicyclic) bond motifs is 2. The lowest BCUT2D eigenvalue weighted by atomic mass is 9.98. The van der Waals surface area contributed by atoms with E-state index in [-0.39, 0.29) is 11.5 Å². The molecule has 2 heterocycles. The number of benzene rings is 1. The van der Waals surface area contributed by atoms with Gasteiger partial charge in [0.2, 0.25) is 0 Å². The Kier molecular flexibility index (Phi) is 8.02. The molecule has 0 amide bonds. The van der Waals surface area contributed by atoms with Crippen LogP contribution in [0.1, 0.15) is 87.5 Å². The summed E-state index contributed by atoms with van der Waals surface area (Å²) in [7, 11) is -4.18. The van der Waals surface area contributed by atoms with Gasteiger partial charge in [-0.25, -0.2) is 8.42 Å². The van der Waals surface area contributed by atoms with E-state index in [2.05, 4.69) is 13.8 Å². The highest BCUT2D eigenvalue weighted by molar-refractivity contribution is 7.90. The summed E-state index contributed by atoms with van der Waals surface area (Å²) in [5, 5.41) is 0. The number of hydrogen-bond acceptors (Lipinski definition) is 5. The molecule has 0 atom stereocenters. The minimum Gasteiger partial charge on any atom is -0.493 e. The molecule has 5 nitrogen and oxygen atoms in total. The zero-order chi connectivity index (χ0) is 20.9.